The van der Waals surface area contributed by atoms with Gasteiger partial charge in [-0.25, -0.2) is 19.2 Å². The lowest BCUT2D eigenvalue weighted by molar-refractivity contribution is 0.0697. The second-order valence-electron chi connectivity index (χ2n) is 5.21. The van der Waals surface area contributed by atoms with Crippen LogP contribution in [0.4, 0.5) is 15.8 Å². The third kappa shape index (κ3) is 3.16. The lowest BCUT2D eigenvalue weighted by Crippen LogP contribution is -2.07. The third-order valence-corrected chi connectivity index (χ3v) is 3.79. The number of benzene rings is 1. The minimum atomic E-state index is -1.35. The largest absolute Gasteiger partial charge is 0.494 e. The number of hydrogen-bond acceptors (Lipinski definition) is 6. The molecule has 0 bridgehead atoms. The number of anilines is 2. The molecular weight excluding hydrogens is 365 g/mol. The van der Waals surface area contributed by atoms with Gasteiger partial charge in [0.1, 0.15) is 11.9 Å². The van der Waals surface area contributed by atoms with Crippen LogP contribution in [-0.4, -0.2) is 37.9 Å². The van der Waals surface area contributed by atoms with Crippen molar-refractivity contribution in [1.82, 2.24) is 19.7 Å². The van der Waals surface area contributed by atoms with Gasteiger partial charge in [-0.3, -0.25) is 4.68 Å². The maximum Gasteiger partial charge on any atom is 0.339 e. The molecule has 0 fully saturated rings. The molecule has 2 aromatic heterocycles. The van der Waals surface area contributed by atoms with Gasteiger partial charge in [0.25, 0.3) is 0 Å². The Kier molecular flexibility index (Phi) is 4.72. The molecule has 0 aliphatic rings. The van der Waals surface area contributed by atoms with Gasteiger partial charge in [0.15, 0.2) is 22.5 Å². The molecule has 1 aromatic carbocycles. The average molecular weight is 378 g/mol. The molecule has 2 heterocycles. The van der Waals surface area contributed by atoms with Crippen LogP contribution in [0.2, 0.25) is 5.15 Å². The van der Waals surface area contributed by atoms with E-state index >= 15 is 0 Å². The molecule has 0 unspecified atom stereocenters. The maximum atomic E-state index is 14.4. The molecule has 0 spiro atoms. The van der Waals surface area contributed by atoms with Crippen molar-refractivity contribution in [2.45, 2.75) is 0 Å². The van der Waals surface area contributed by atoms with E-state index in [0.29, 0.717) is 22.8 Å². The molecular formula is C16H13ClFN5O3. The molecule has 0 aliphatic carbocycles. The van der Waals surface area contributed by atoms with Gasteiger partial charge >= 0.3 is 5.97 Å². The Labute approximate surface area is 152 Å². The van der Waals surface area contributed by atoms with Crippen molar-refractivity contribution in [2.75, 3.05) is 12.4 Å². The van der Waals surface area contributed by atoms with Crippen LogP contribution in [0.25, 0.3) is 11.4 Å². The van der Waals surface area contributed by atoms with Gasteiger partial charge in [-0.2, -0.15) is 5.10 Å². The van der Waals surface area contributed by atoms with Crippen LogP contribution >= 0.6 is 11.6 Å². The van der Waals surface area contributed by atoms with Gasteiger partial charge < -0.3 is 15.2 Å². The van der Waals surface area contributed by atoms with E-state index in [9.17, 15) is 14.3 Å². The fraction of sp³-hybridized carbons (Fsp3) is 0.125. The zero-order valence-electron chi connectivity index (χ0n) is 13.7. The lowest BCUT2D eigenvalue weighted by atomic mass is 10.1. The summed E-state index contributed by atoms with van der Waals surface area (Å²) in [7, 11) is 3.15. The molecule has 0 aliphatic heterocycles. The average Bonchev–Trinajstić information content (AvgIpc) is 3.04. The van der Waals surface area contributed by atoms with Crippen LogP contribution in [-0.2, 0) is 7.05 Å². The van der Waals surface area contributed by atoms with E-state index in [0.717, 1.165) is 6.20 Å². The van der Waals surface area contributed by atoms with Crippen LogP contribution in [0.3, 0.4) is 0 Å². The highest BCUT2D eigenvalue weighted by molar-refractivity contribution is 6.30. The predicted molar refractivity (Wildman–Crippen MR) is 92.4 cm³/mol. The molecule has 10 heteroatoms. The number of nitrogens with zero attached hydrogens (tertiary/aromatic N) is 4. The number of carboxylic acid groups (broad SMARTS) is 1. The van der Waals surface area contributed by atoms with Crippen molar-refractivity contribution < 1.29 is 19.0 Å². The Morgan fingerprint density at radius 3 is 2.77 bits per heavy atom. The normalized spacial score (nSPS) is 10.6. The molecule has 26 heavy (non-hydrogen) atoms. The summed E-state index contributed by atoms with van der Waals surface area (Å²) in [5, 5.41) is 15.8. The lowest BCUT2D eigenvalue weighted by Gasteiger charge is -2.16. The van der Waals surface area contributed by atoms with Gasteiger partial charge in [0, 0.05) is 13.2 Å². The number of carboxylic acids is 1. The Balaban J connectivity index is 2.12. The van der Waals surface area contributed by atoms with Gasteiger partial charge in [-0.15, -0.1) is 0 Å². The standard InChI is InChI=1S/C16H13ClFN5O3/c1-23-7-20-15(22-23)8-4-3-5-10(13(8)26-2)21-12-9(16(24)25)6-19-14(17)11(12)18/h3-7H,1-2H3,(H,19,21)(H,24,25). The first-order chi connectivity index (χ1) is 12.4. The molecule has 3 rings (SSSR count). The summed E-state index contributed by atoms with van der Waals surface area (Å²) in [5.41, 5.74) is 0.189. The first-order valence-corrected chi connectivity index (χ1v) is 7.67. The first-order valence-electron chi connectivity index (χ1n) is 7.29. The minimum absolute atomic E-state index is 0.318. The monoisotopic (exact) mass is 377 g/mol. The highest BCUT2D eigenvalue weighted by Gasteiger charge is 2.21. The first kappa shape index (κ1) is 17.6. The summed E-state index contributed by atoms with van der Waals surface area (Å²) < 4.78 is 21.3. The van der Waals surface area contributed by atoms with E-state index in [2.05, 4.69) is 20.4 Å². The Bertz CT molecular complexity index is 992. The molecule has 0 amide bonds. The quantitative estimate of drug-likeness (QED) is 0.658. The molecule has 0 atom stereocenters. The van der Waals surface area contributed by atoms with Gasteiger partial charge in [0.2, 0.25) is 0 Å². The molecule has 0 saturated heterocycles. The van der Waals surface area contributed by atoms with Gasteiger partial charge in [-0.1, -0.05) is 17.7 Å². The number of pyridine rings is 1. The van der Waals surface area contributed by atoms with E-state index in [4.69, 9.17) is 16.3 Å². The predicted octanol–water partition coefficient (Wildman–Crippen LogP) is 3.12. The summed E-state index contributed by atoms with van der Waals surface area (Å²) in [6.45, 7) is 0. The van der Waals surface area contributed by atoms with E-state index in [1.807, 2.05) is 0 Å². The fourth-order valence-corrected chi connectivity index (χ4v) is 2.52. The number of halogens is 2. The van der Waals surface area contributed by atoms with Crippen molar-refractivity contribution in [3.05, 3.63) is 47.3 Å². The molecule has 2 N–H and O–H groups in total. The number of aromatic nitrogens is 4. The van der Waals surface area contributed by atoms with Crippen molar-refractivity contribution >= 4 is 28.9 Å². The fourth-order valence-electron chi connectivity index (χ4n) is 2.38. The number of nitrogens with one attached hydrogen (secondary N) is 1. The van der Waals surface area contributed by atoms with Crippen molar-refractivity contribution in [1.29, 1.82) is 0 Å². The Hall–Kier alpha value is -3.20. The highest BCUT2D eigenvalue weighted by atomic mass is 35.5. The van der Waals surface area contributed by atoms with Gasteiger partial charge in [-0.05, 0) is 12.1 Å². The topological polar surface area (TPSA) is 102 Å². The zero-order valence-corrected chi connectivity index (χ0v) is 14.5. The SMILES string of the molecule is COc1c(Nc2c(C(=O)O)cnc(Cl)c2F)cccc1-c1ncn(C)n1. The molecule has 134 valence electrons. The number of ether oxygens (including phenoxy) is 1. The number of carbonyl (C=O) groups is 1. The second-order valence-corrected chi connectivity index (χ2v) is 5.57. The third-order valence-electron chi connectivity index (χ3n) is 3.53. The zero-order chi connectivity index (χ0) is 18.8. The van der Waals surface area contributed by atoms with Crippen molar-refractivity contribution in [3.8, 4) is 17.1 Å². The number of aromatic carboxylic acids is 1. The Morgan fingerprint density at radius 1 is 1.38 bits per heavy atom. The summed E-state index contributed by atoms with van der Waals surface area (Å²) in [5.74, 6) is -1.60. The van der Waals surface area contributed by atoms with E-state index in [1.165, 1.54) is 18.1 Å². The molecule has 0 saturated carbocycles. The maximum absolute atomic E-state index is 14.4. The van der Waals surface area contributed by atoms with E-state index in [1.54, 1.807) is 25.2 Å². The summed E-state index contributed by atoms with van der Waals surface area (Å²) in [6.07, 6.45) is 2.51. The smallest absolute Gasteiger partial charge is 0.339 e. The van der Waals surface area contributed by atoms with Crippen LogP contribution < -0.4 is 10.1 Å². The van der Waals surface area contributed by atoms with Crippen LogP contribution in [0, 0.1) is 5.82 Å². The van der Waals surface area contributed by atoms with E-state index in [-0.39, 0.29) is 11.3 Å². The van der Waals surface area contributed by atoms with E-state index < -0.39 is 16.9 Å². The van der Waals surface area contributed by atoms with Crippen LogP contribution in [0.1, 0.15) is 10.4 Å². The number of para-hydroxylation sites is 1. The Morgan fingerprint density at radius 2 is 2.15 bits per heavy atom. The summed E-state index contributed by atoms with van der Waals surface area (Å²) in [6, 6.07) is 5.01. The second kappa shape index (κ2) is 6.96. The minimum Gasteiger partial charge on any atom is -0.494 e. The molecule has 8 nitrogen and oxygen atoms in total. The number of hydrogen-bond donors (Lipinski definition) is 2. The highest BCUT2D eigenvalue weighted by Crippen LogP contribution is 2.38. The number of methoxy groups -OCH3 is 1. The molecule has 0 radical (unpaired) electrons. The van der Waals surface area contributed by atoms with Crippen molar-refractivity contribution in [2.24, 2.45) is 7.05 Å². The van der Waals surface area contributed by atoms with Gasteiger partial charge in [0.05, 0.1) is 24.0 Å². The number of aryl methyl sites for hydroxylation is 1. The van der Waals surface area contributed by atoms with Crippen LogP contribution in [0.15, 0.2) is 30.7 Å². The molecule has 3 aromatic rings. The number of rotatable bonds is 5. The summed E-state index contributed by atoms with van der Waals surface area (Å²) >= 11 is 5.69. The van der Waals surface area contributed by atoms with Crippen molar-refractivity contribution in [3.63, 3.8) is 0 Å². The van der Waals surface area contributed by atoms with Crippen LogP contribution in [0.5, 0.6) is 5.75 Å². The summed E-state index contributed by atoms with van der Waals surface area (Å²) in [4.78, 5) is 19.1.